The van der Waals surface area contributed by atoms with Crippen molar-refractivity contribution in [2.75, 3.05) is 11.9 Å². The molecule has 1 aliphatic heterocycles. The first-order chi connectivity index (χ1) is 8.77. The number of carbonyl (C=O) groups is 1. The quantitative estimate of drug-likeness (QED) is 0.695. The Morgan fingerprint density at radius 3 is 2.39 bits per heavy atom. The highest BCUT2D eigenvalue weighted by atomic mass is 16.2. The molecule has 0 bridgehead atoms. The lowest BCUT2D eigenvalue weighted by molar-refractivity contribution is -0.112. The third kappa shape index (κ3) is 1.63. The van der Waals surface area contributed by atoms with Crippen LogP contribution >= 0.6 is 0 Å². The summed E-state index contributed by atoms with van der Waals surface area (Å²) in [5, 5.41) is 0. The van der Waals surface area contributed by atoms with Crippen LogP contribution in [0.5, 0.6) is 0 Å². The molecule has 0 atom stereocenters. The van der Waals surface area contributed by atoms with Gasteiger partial charge in [0, 0.05) is 18.2 Å². The van der Waals surface area contributed by atoms with Crippen molar-refractivity contribution >= 4 is 23.2 Å². The zero-order valence-corrected chi connectivity index (χ0v) is 10.1. The Morgan fingerprint density at radius 2 is 1.61 bits per heavy atom. The predicted molar refractivity (Wildman–Crippen MR) is 74.2 cm³/mol. The molecular formula is C16H13NO. The Labute approximate surface area is 106 Å². The molecule has 0 fully saturated rings. The summed E-state index contributed by atoms with van der Waals surface area (Å²) in [5.41, 5.74) is 3.80. The minimum Gasteiger partial charge on any atom is -0.311 e. The number of fused-ring (bicyclic) bond motifs is 1. The van der Waals surface area contributed by atoms with Gasteiger partial charge in [0.15, 0.2) is 0 Å². The minimum absolute atomic E-state index is 0.0556. The molecule has 0 N–H and O–H groups in total. The number of amides is 1. The summed E-state index contributed by atoms with van der Waals surface area (Å²) in [7, 11) is 1.81. The highest BCUT2D eigenvalue weighted by Gasteiger charge is 2.28. The number of hydrogen-bond acceptors (Lipinski definition) is 1. The summed E-state index contributed by atoms with van der Waals surface area (Å²) >= 11 is 0. The summed E-state index contributed by atoms with van der Waals surface area (Å²) in [6, 6.07) is 17.8. The Balaban J connectivity index is 2.14. The molecule has 0 radical (unpaired) electrons. The third-order valence-corrected chi connectivity index (χ3v) is 3.20. The minimum atomic E-state index is 0.0556. The van der Waals surface area contributed by atoms with Crippen LogP contribution in [0.2, 0.25) is 0 Å². The molecule has 1 aliphatic rings. The molecule has 1 heterocycles. The average Bonchev–Trinajstić information content (AvgIpc) is 2.66. The van der Waals surface area contributed by atoms with E-state index in [9.17, 15) is 4.79 Å². The molecule has 3 rings (SSSR count). The molecule has 18 heavy (non-hydrogen) atoms. The normalized spacial score (nSPS) is 16.2. The fourth-order valence-electron chi connectivity index (χ4n) is 2.25. The maximum atomic E-state index is 12.2. The molecule has 0 saturated carbocycles. The molecule has 2 aromatic carbocycles. The van der Waals surface area contributed by atoms with Gasteiger partial charge >= 0.3 is 0 Å². The van der Waals surface area contributed by atoms with Gasteiger partial charge in [-0.2, -0.15) is 0 Å². The molecule has 2 nitrogen and oxygen atoms in total. The zero-order chi connectivity index (χ0) is 12.5. The largest absolute Gasteiger partial charge is 0.311 e. The van der Waals surface area contributed by atoms with Crippen molar-refractivity contribution in [3.63, 3.8) is 0 Å². The van der Waals surface area contributed by atoms with Gasteiger partial charge in [-0.15, -0.1) is 0 Å². The lowest BCUT2D eigenvalue weighted by atomic mass is 10.0. The molecule has 2 heteroatoms. The van der Waals surface area contributed by atoms with Crippen molar-refractivity contribution in [3.05, 3.63) is 65.7 Å². The van der Waals surface area contributed by atoms with Crippen LogP contribution in [0.15, 0.2) is 54.6 Å². The number of nitrogens with zero attached hydrogens (tertiary/aromatic N) is 1. The van der Waals surface area contributed by atoms with E-state index in [0.717, 1.165) is 22.4 Å². The van der Waals surface area contributed by atoms with E-state index >= 15 is 0 Å². The fraction of sp³-hybridized carbons (Fsp3) is 0.0625. The van der Waals surface area contributed by atoms with E-state index in [2.05, 4.69) is 0 Å². The van der Waals surface area contributed by atoms with E-state index in [1.54, 1.807) is 4.90 Å². The van der Waals surface area contributed by atoms with Crippen LogP contribution in [0.25, 0.3) is 11.6 Å². The van der Waals surface area contributed by atoms with Crippen molar-refractivity contribution in [2.24, 2.45) is 0 Å². The molecule has 88 valence electrons. The van der Waals surface area contributed by atoms with E-state index < -0.39 is 0 Å². The second kappa shape index (κ2) is 4.15. The number of likely N-dealkylation sites (N-methyl/N-ethyl adjacent to an activating group) is 1. The Hall–Kier alpha value is -2.35. The van der Waals surface area contributed by atoms with Gasteiger partial charge in [0.2, 0.25) is 0 Å². The van der Waals surface area contributed by atoms with Crippen molar-refractivity contribution in [2.45, 2.75) is 0 Å². The molecule has 0 aliphatic carbocycles. The molecule has 2 aromatic rings. The highest BCUT2D eigenvalue weighted by molar-refractivity contribution is 6.35. The second-order valence-corrected chi connectivity index (χ2v) is 4.35. The molecule has 0 spiro atoms. The number of para-hydroxylation sites is 1. The van der Waals surface area contributed by atoms with E-state index in [1.165, 1.54) is 0 Å². The van der Waals surface area contributed by atoms with Gasteiger partial charge in [-0.3, -0.25) is 4.79 Å². The lowest BCUT2D eigenvalue weighted by Crippen LogP contribution is -2.20. The summed E-state index contributed by atoms with van der Waals surface area (Å²) in [6.07, 6.45) is 1.95. The van der Waals surface area contributed by atoms with Gasteiger partial charge in [-0.1, -0.05) is 48.5 Å². The summed E-state index contributed by atoms with van der Waals surface area (Å²) in [6.45, 7) is 0. The SMILES string of the molecule is CN1C(=O)C(=Cc2ccccc2)c2ccccc21. The van der Waals surface area contributed by atoms with Crippen molar-refractivity contribution in [3.8, 4) is 0 Å². The van der Waals surface area contributed by atoms with Gasteiger partial charge in [-0.05, 0) is 17.7 Å². The Bertz CT molecular complexity index is 629. The molecule has 0 aromatic heterocycles. The van der Waals surface area contributed by atoms with Crippen LogP contribution in [0.4, 0.5) is 5.69 Å². The van der Waals surface area contributed by atoms with Crippen molar-refractivity contribution < 1.29 is 4.79 Å². The molecule has 0 unspecified atom stereocenters. The fourth-order valence-corrected chi connectivity index (χ4v) is 2.25. The number of rotatable bonds is 1. The molecule has 1 amide bonds. The van der Waals surface area contributed by atoms with Gasteiger partial charge < -0.3 is 4.90 Å². The average molecular weight is 235 g/mol. The van der Waals surface area contributed by atoms with E-state index in [4.69, 9.17) is 0 Å². The van der Waals surface area contributed by atoms with Crippen LogP contribution < -0.4 is 4.90 Å². The van der Waals surface area contributed by atoms with Crippen LogP contribution in [0.3, 0.4) is 0 Å². The third-order valence-electron chi connectivity index (χ3n) is 3.20. The number of hydrogen-bond donors (Lipinski definition) is 0. The summed E-state index contributed by atoms with van der Waals surface area (Å²) < 4.78 is 0. The van der Waals surface area contributed by atoms with E-state index in [0.29, 0.717) is 0 Å². The van der Waals surface area contributed by atoms with Crippen LogP contribution in [-0.4, -0.2) is 13.0 Å². The number of carbonyl (C=O) groups excluding carboxylic acids is 1. The van der Waals surface area contributed by atoms with E-state index in [1.807, 2.05) is 67.7 Å². The standard InChI is InChI=1S/C16H13NO/c1-17-15-10-6-5-9-13(15)14(16(17)18)11-12-7-3-2-4-8-12/h2-11H,1H3. The topological polar surface area (TPSA) is 20.3 Å². The summed E-state index contributed by atoms with van der Waals surface area (Å²) in [5.74, 6) is 0.0556. The number of anilines is 1. The molecular weight excluding hydrogens is 222 g/mol. The maximum absolute atomic E-state index is 12.2. The van der Waals surface area contributed by atoms with Crippen LogP contribution in [0, 0.1) is 0 Å². The maximum Gasteiger partial charge on any atom is 0.258 e. The first kappa shape index (κ1) is 10.8. The van der Waals surface area contributed by atoms with Crippen molar-refractivity contribution in [1.29, 1.82) is 0 Å². The predicted octanol–water partition coefficient (Wildman–Crippen LogP) is 3.20. The van der Waals surface area contributed by atoms with Gasteiger partial charge in [0.05, 0.1) is 5.69 Å². The molecule has 0 saturated heterocycles. The highest BCUT2D eigenvalue weighted by Crippen LogP contribution is 2.36. The Morgan fingerprint density at radius 1 is 0.944 bits per heavy atom. The first-order valence-electron chi connectivity index (χ1n) is 5.91. The van der Waals surface area contributed by atoms with Gasteiger partial charge in [0.25, 0.3) is 5.91 Å². The van der Waals surface area contributed by atoms with Crippen LogP contribution in [-0.2, 0) is 4.79 Å². The van der Waals surface area contributed by atoms with E-state index in [-0.39, 0.29) is 5.91 Å². The lowest BCUT2D eigenvalue weighted by Gasteiger charge is -2.07. The van der Waals surface area contributed by atoms with Crippen molar-refractivity contribution in [1.82, 2.24) is 0 Å². The first-order valence-corrected chi connectivity index (χ1v) is 5.91. The number of benzene rings is 2. The zero-order valence-electron chi connectivity index (χ0n) is 10.1. The van der Waals surface area contributed by atoms with Crippen LogP contribution in [0.1, 0.15) is 11.1 Å². The Kier molecular flexibility index (Phi) is 2.49. The smallest absolute Gasteiger partial charge is 0.258 e. The summed E-state index contributed by atoms with van der Waals surface area (Å²) in [4.78, 5) is 13.9. The second-order valence-electron chi connectivity index (χ2n) is 4.35. The van der Waals surface area contributed by atoms with Gasteiger partial charge in [0.1, 0.15) is 0 Å². The van der Waals surface area contributed by atoms with Gasteiger partial charge in [-0.25, -0.2) is 0 Å². The monoisotopic (exact) mass is 235 g/mol.